The maximum atomic E-state index is 14.1. The van der Waals surface area contributed by atoms with Gasteiger partial charge in [-0.1, -0.05) is 12.1 Å². The minimum atomic E-state index is -3.69. The molecule has 10 heteroatoms. The highest BCUT2D eigenvalue weighted by Gasteiger charge is 2.34. The van der Waals surface area contributed by atoms with Crippen molar-refractivity contribution >= 4 is 27.7 Å². The predicted molar refractivity (Wildman–Crippen MR) is 122 cm³/mol. The van der Waals surface area contributed by atoms with Gasteiger partial charge in [0.15, 0.2) is 11.5 Å². The van der Waals surface area contributed by atoms with Gasteiger partial charge in [-0.05, 0) is 43.0 Å². The number of ether oxygens (including phenoxy) is 2. The van der Waals surface area contributed by atoms with E-state index < -0.39 is 10.0 Å². The van der Waals surface area contributed by atoms with E-state index in [9.17, 15) is 17.6 Å². The molecular formula is C23H25FN2O5S2. The van der Waals surface area contributed by atoms with Crippen LogP contribution in [0.25, 0.3) is 0 Å². The number of fused-ring (bicyclic) bond motifs is 2. The van der Waals surface area contributed by atoms with Crippen LogP contribution in [-0.4, -0.2) is 50.7 Å². The third kappa shape index (κ3) is 4.43. The molecule has 7 nitrogen and oxygen atoms in total. The fraction of sp³-hybridized carbons (Fsp3) is 0.435. The van der Waals surface area contributed by atoms with Crippen LogP contribution in [0.5, 0.6) is 11.5 Å². The SMILES string of the molecule is O=C(N[C@@H]1CCSc2c(F)cccc21)C1CCN(S(=O)(=O)c2ccc3c(c2)OCCO3)CC1. The molecule has 1 N–H and O–H groups in total. The number of hydrogen-bond donors (Lipinski definition) is 1. The normalized spacial score (nSPS) is 21.3. The Morgan fingerprint density at radius 2 is 1.82 bits per heavy atom. The van der Waals surface area contributed by atoms with Crippen molar-refractivity contribution in [3.63, 3.8) is 0 Å². The lowest BCUT2D eigenvalue weighted by Gasteiger charge is -2.32. The van der Waals surface area contributed by atoms with Crippen LogP contribution in [0.2, 0.25) is 0 Å². The van der Waals surface area contributed by atoms with Crippen molar-refractivity contribution in [3.8, 4) is 11.5 Å². The lowest BCUT2D eigenvalue weighted by Crippen LogP contribution is -2.44. The van der Waals surface area contributed by atoms with Gasteiger partial charge in [0, 0.05) is 35.7 Å². The van der Waals surface area contributed by atoms with Crippen molar-refractivity contribution in [3.05, 3.63) is 47.8 Å². The van der Waals surface area contributed by atoms with Crippen LogP contribution in [-0.2, 0) is 14.8 Å². The quantitative estimate of drug-likeness (QED) is 0.705. The Kier molecular flexibility index (Phi) is 6.24. The van der Waals surface area contributed by atoms with Gasteiger partial charge in [-0.15, -0.1) is 11.8 Å². The van der Waals surface area contributed by atoms with Gasteiger partial charge in [-0.25, -0.2) is 12.8 Å². The summed E-state index contributed by atoms with van der Waals surface area (Å²) >= 11 is 1.47. The Labute approximate surface area is 196 Å². The van der Waals surface area contributed by atoms with Crippen molar-refractivity contribution < 1.29 is 27.1 Å². The number of carbonyl (C=O) groups is 1. The summed E-state index contributed by atoms with van der Waals surface area (Å²) in [5.41, 5.74) is 0.818. The van der Waals surface area contributed by atoms with Crippen molar-refractivity contribution in [2.75, 3.05) is 32.1 Å². The number of amides is 1. The predicted octanol–water partition coefficient (Wildman–Crippen LogP) is 3.35. The van der Waals surface area contributed by atoms with Crippen LogP contribution < -0.4 is 14.8 Å². The van der Waals surface area contributed by atoms with Crippen molar-refractivity contribution in [1.29, 1.82) is 0 Å². The molecule has 0 radical (unpaired) electrons. The van der Waals surface area contributed by atoms with Crippen LogP contribution in [0.15, 0.2) is 46.2 Å². The molecule has 0 spiro atoms. The highest BCUT2D eigenvalue weighted by molar-refractivity contribution is 7.99. The fourth-order valence-corrected chi connectivity index (χ4v) is 7.14. The number of nitrogens with zero attached hydrogens (tertiary/aromatic N) is 1. The first-order valence-corrected chi connectivity index (χ1v) is 13.5. The van der Waals surface area contributed by atoms with E-state index in [1.54, 1.807) is 12.1 Å². The molecule has 0 saturated carbocycles. The molecule has 0 aliphatic carbocycles. The van der Waals surface area contributed by atoms with E-state index in [-0.39, 0.29) is 41.7 Å². The van der Waals surface area contributed by atoms with Crippen molar-refractivity contribution in [1.82, 2.24) is 9.62 Å². The molecule has 0 aromatic heterocycles. The minimum Gasteiger partial charge on any atom is -0.486 e. The van der Waals surface area contributed by atoms with Crippen LogP contribution in [0.1, 0.15) is 30.9 Å². The summed E-state index contributed by atoms with van der Waals surface area (Å²) in [6, 6.07) is 9.39. The molecule has 33 heavy (non-hydrogen) atoms. The first-order chi connectivity index (χ1) is 15.9. The molecule has 3 aliphatic rings. The van der Waals surface area contributed by atoms with Crippen LogP contribution >= 0.6 is 11.8 Å². The number of rotatable bonds is 4. The first-order valence-electron chi connectivity index (χ1n) is 11.0. The number of nitrogens with one attached hydrogen (secondary N) is 1. The first kappa shape index (κ1) is 22.5. The topological polar surface area (TPSA) is 84.9 Å². The Bertz CT molecular complexity index is 1170. The lowest BCUT2D eigenvalue weighted by atomic mass is 9.95. The zero-order valence-electron chi connectivity index (χ0n) is 18.0. The van der Waals surface area contributed by atoms with Gasteiger partial charge >= 0.3 is 0 Å². The summed E-state index contributed by atoms with van der Waals surface area (Å²) in [6.07, 6.45) is 1.62. The zero-order valence-corrected chi connectivity index (χ0v) is 19.6. The molecule has 3 heterocycles. The second-order valence-electron chi connectivity index (χ2n) is 8.34. The average molecular weight is 493 g/mol. The Morgan fingerprint density at radius 3 is 2.61 bits per heavy atom. The van der Waals surface area contributed by atoms with Crippen LogP contribution in [0.4, 0.5) is 4.39 Å². The Morgan fingerprint density at radius 1 is 1.06 bits per heavy atom. The third-order valence-electron chi connectivity index (χ3n) is 6.32. The molecule has 2 aromatic rings. The van der Waals surface area contributed by atoms with E-state index in [4.69, 9.17) is 9.47 Å². The van der Waals surface area contributed by atoms with E-state index in [1.165, 1.54) is 34.3 Å². The molecule has 1 saturated heterocycles. The van der Waals surface area contributed by atoms with Gasteiger partial charge in [0.05, 0.1) is 10.9 Å². The molecule has 1 amide bonds. The highest BCUT2D eigenvalue weighted by Crippen LogP contribution is 2.38. The van der Waals surface area contributed by atoms with E-state index in [0.29, 0.717) is 42.4 Å². The van der Waals surface area contributed by atoms with Gasteiger partial charge in [0.1, 0.15) is 19.0 Å². The van der Waals surface area contributed by atoms with E-state index >= 15 is 0 Å². The zero-order chi connectivity index (χ0) is 23.0. The average Bonchev–Trinajstić information content (AvgIpc) is 2.84. The summed E-state index contributed by atoms with van der Waals surface area (Å²) < 4.78 is 52.8. The number of sulfonamides is 1. The largest absolute Gasteiger partial charge is 0.486 e. The molecule has 3 aliphatic heterocycles. The third-order valence-corrected chi connectivity index (χ3v) is 9.37. The number of piperidine rings is 1. The summed E-state index contributed by atoms with van der Waals surface area (Å²) in [6.45, 7) is 1.35. The number of thioether (sulfide) groups is 1. The highest BCUT2D eigenvalue weighted by atomic mass is 32.2. The van der Waals surface area contributed by atoms with E-state index in [0.717, 1.165) is 17.7 Å². The summed E-state index contributed by atoms with van der Waals surface area (Å²) in [5.74, 6) is 1.08. The minimum absolute atomic E-state index is 0.0986. The maximum absolute atomic E-state index is 14.1. The molecule has 0 unspecified atom stereocenters. The lowest BCUT2D eigenvalue weighted by molar-refractivity contribution is -0.127. The van der Waals surface area contributed by atoms with Crippen molar-refractivity contribution in [2.45, 2.75) is 35.1 Å². The Balaban J connectivity index is 1.22. The molecular weight excluding hydrogens is 467 g/mol. The summed E-state index contributed by atoms with van der Waals surface area (Å²) in [4.78, 5) is 13.7. The molecule has 2 aromatic carbocycles. The molecule has 5 rings (SSSR count). The smallest absolute Gasteiger partial charge is 0.243 e. The molecule has 176 valence electrons. The van der Waals surface area contributed by atoms with Gasteiger partial charge < -0.3 is 14.8 Å². The number of halogens is 1. The molecule has 1 atom stereocenters. The molecule has 1 fully saturated rings. The maximum Gasteiger partial charge on any atom is 0.243 e. The van der Waals surface area contributed by atoms with Gasteiger partial charge in [-0.2, -0.15) is 4.31 Å². The second kappa shape index (κ2) is 9.15. The number of benzene rings is 2. The number of hydrogen-bond acceptors (Lipinski definition) is 6. The standard InChI is InChI=1S/C23H25FN2O5S2/c24-18-3-1-2-17-19(8-13-32-22(17)18)25-23(27)15-6-9-26(10-7-15)33(28,29)16-4-5-20-21(14-16)31-12-11-30-20/h1-5,14-15,19H,6-13H2,(H,25,27)/t19-/m1/s1. The van der Waals surface area contributed by atoms with Gasteiger partial charge in [0.2, 0.25) is 15.9 Å². The second-order valence-corrected chi connectivity index (χ2v) is 11.4. The van der Waals surface area contributed by atoms with Crippen molar-refractivity contribution in [2.24, 2.45) is 5.92 Å². The molecule has 0 bridgehead atoms. The summed E-state index contributed by atoms with van der Waals surface area (Å²) in [7, 11) is -3.69. The Hall–Kier alpha value is -2.30. The fourth-order valence-electron chi connectivity index (χ4n) is 4.52. The van der Waals surface area contributed by atoms with Crippen LogP contribution in [0.3, 0.4) is 0 Å². The number of carbonyl (C=O) groups excluding carboxylic acids is 1. The monoisotopic (exact) mass is 492 g/mol. The van der Waals surface area contributed by atoms with Gasteiger partial charge in [-0.3, -0.25) is 4.79 Å². The van der Waals surface area contributed by atoms with Gasteiger partial charge in [0.25, 0.3) is 0 Å². The van der Waals surface area contributed by atoms with E-state index in [1.807, 2.05) is 6.07 Å². The van der Waals surface area contributed by atoms with Crippen LogP contribution in [0, 0.1) is 11.7 Å². The van der Waals surface area contributed by atoms with E-state index in [2.05, 4.69) is 5.32 Å². The summed E-state index contributed by atoms with van der Waals surface area (Å²) in [5, 5.41) is 3.07.